The lowest BCUT2D eigenvalue weighted by Crippen LogP contribution is -2.17. The van der Waals surface area contributed by atoms with Crippen LogP contribution in [0.3, 0.4) is 0 Å². The van der Waals surface area contributed by atoms with E-state index in [1.165, 1.54) is 5.56 Å². The zero-order valence-electron chi connectivity index (χ0n) is 21.3. The first-order valence-corrected chi connectivity index (χ1v) is 11.9. The molecule has 0 unspecified atom stereocenters. The molecule has 0 fully saturated rings. The van der Waals surface area contributed by atoms with Crippen LogP contribution >= 0.6 is 0 Å². The molecule has 0 spiro atoms. The molecule has 0 saturated heterocycles. The van der Waals surface area contributed by atoms with Crippen molar-refractivity contribution in [3.8, 4) is 22.8 Å². The Labute approximate surface area is 215 Å². The van der Waals surface area contributed by atoms with Crippen LogP contribution in [0.15, 0.2) is 79.4 Å². The number of hydrogen-bond acceptors (Lipinski definition) is 7. The van der Waals surface area contributed by atoms with Crippen molar-refractivity contribution >= 4 is 28.5 Å². The Morgan fingerprint density at radius 3 is 2.41 bits per heavy atom. The predicted octanol–water partition coefficient (Wildman–Crippen LogP) is 5.60. The van der Waals surface area contributed by atoms with E-state index in [9.17, 15) is 0 Å². The number of methoxy groups -OCH3 is 2. The van der Waals surface area contributed by atoms with E-state index in [1.54, 1.807) is 31.3 Å². The van der Waals surface area contributed by atoms with E-state index in [4.69, 9.17) is 14.5 Å². The molecule has 8 nitrogen and oxygen atoms in total. The summed E-state index contributed by atoms with van der Waals surface area (Å²) >= 11 is 0. The van der Waals surface area contributed by atoms with Gasteiger partial charge in [0.1, 0.15) is 11.5 Å². The van der Waals surface area contributed by atoms with Crippen LogP contribution < -0.4 is 14.4 Å². The minimum Gasteiger partial charge on any atom is -0.497 e. The molecule has 0 aliphatic carbocycles. The number of anilines is 2. The van der Waals surface area contributed by atoms with Crippen LogP contribution in [0.2, 0.25) is 0 Å². The second-order valence-electron chi connectivity index (χ2n) is 8.67. The number of nitrogens with zero attached hydrogens (tertiary/aromatic N) is 6. The molecule has 0 N–H and O–H groups in total. The molecule has 0 saturated carbocycles. The highest BCUT2D eigenvalue weighted by Gasteiger charge is 2.14. The number of fused-ring (bicyclic) bond motifs is 1. The number of pyridine rings is 1. The van der Waals surface area contributed by atoms with Gasteiger partial charge in [-0.25, -0.2) is 4.98 Å². The van der Waals surface area contributed by atoms with Gasteiger partial charge >= 0.3 is 0 Å². The zero-order chi connectivity index (χ0) is 25.8. The number of hydrogen-bond donors (Lipinski definition) is 0. The quantitative estimate of drug-likeness (QED) is 0.279. The van der Waals surface area contributed by atoms with Gasteiger partial charge in [-0.3, -0.25) is 14.6 Å². The van der Waals surface area contributed by atoms with Crippen LogP contribution in [-0.4, -0.2) is 45.5 Å². The summed E-state index contributed by atoms with van der Waals surface area (Å²) in [7, 11) is 5.19. The van der Waals surface area contributed by atoms with Gasteiger partial charge in [-0.05, 0) is 48.9 Å². The SMILES string of the molecule is COc1cc(OC)cc(N(CC=Cc2cc(C)ccn2)c2ccc3ncc(-c4cnn(C)c4)nc3c2)c1. The van der Waals surface area contributed by atoms with Gasteiger partial charge in [0.15, 0.2) is 0 Å². The van der Waals surface area contributed by atoms with Crippen LogP contribution in [0.4, 0.5) is 11.4 Å². The highest BCUT2D eigenvalue weighted by molar-refractivity contribution is 5.83. The minimum absolute atomic E-state index is 0.590. The van der Waals surface area contributed by atoms with Gasteiger partial charge in [0.2, 0.25) is 0 Å². The fourth-order valence-corrected chi connectivity index (χ4v) is 4.10. The van der Waals surface area contributed by atoms with E-state index in [1.807, 2.05) is 68.0 Å². The minimum atomic E-state index is 0.590. The standard InChI is InChI=1S/C29H28N6O2/c1-20-9-10-30-22(12-20)6-5-11-35(24-13-25(36-3)16-26(14-24)37-4)23-7-8-27-28(15-23)33-29(18-31-27)21-17-32-34(2)19-21/h5-10,12-19H,11H2,1-4H3. The van der Waals surface area contributed by atoms with E-state index in [-0.39, 0.29) is 0 Å². The second kappa shape index (κ2) is 10.5. The van der Waals surface area contributed by atoms with E-state index in [0.717, 1.165) is 39.4 Å². The molecule has 5 aromatic rings. The Kier molecular flexibility index (Phi) is 6.81. The highest BCUT2D eigenvalue weighted by atomic mass is 16.5. The summed E-state index contributed by atoms with van der Waals surface area (Å²) in [5, 5.41) is 4.26. The molecule has 3 aromatic heterocycles. The van der Waals surface area contributed by atoms with E-state index >= 15 is 0 Å². The highest BCUT2D eigenvalue weighted by Crippen LogP contribution is 2.34. The second-order valence-corrected chi connectivity index (χ2v) is 8.67. The van der Waals surface area contributed by atoms with Crippen molar-refractivity contribution < 1.29 is 9.47 Å². The van der Waals surface area contributed by atoms with Crippen LogP contribution in [0.5, 0.6) is 11.5 Å². The molecule has 3 heterocycles. The third-order valence-electron chi connectivity index (χ3n) is 6.00. The summed E-state index contributed by atoms with van der Waals surface area (Å²) in [4.78, 5) is 16.1. The van der Waals surface area contributed by atoms with Crippen molar-refractivity contribution in [2.75, 3.05) is 25.7 Å². The van der Waals surface area contributed by atoms with Crippen LogP contribution in [0.1, 0.15) is 11.3 Å². The number of benzene rings is 2. The maximum Gasteiger partial charge on any atom is 0.124 e. The summed E-state index contributed by atoms with van der Waals surface area (Å²) < 4.78 is 12.8. The third kappa shape index (κ3) is 5.43. The summed E-state index contributed by atoms with van der Waals surface area (Å²) in [6.07, 6.45) is 11.4. The number of aromatic nitrogens is 5. The molecule has 0 amide bonds. The monoisotopic (exact) mass is 492 g/mol. The summed E-state index contributed by atoms with van der Waals surface area (Å²) in [5.41, 5.74) is 7.27. The van der Waals surface area contributed by atoms with Gasteiger partial charge in [-0.15, -0.1) is 0 Å². The largest absolute Gasteiger partial charge is 0.497 e. The molecule has 37 heavy (non-hydrogen) atoms. The van der Waals surface area contributed by atoms with E-state index in [2.05, 4.69) is 39.0 Å². The molecular formula is C29H28N6O2. The predicted molar refractivity (Wildman–Crippen MR) is 146 cm³/mol. The van der Waals surface area contributed by atoms with E-state index < -0.39 is 0 Å². The first kappa shape index (κ1) is 24.0. The molecule has 2 aromatic carbocycles. The molecule has 0 atom stereocenters. The topological polar surface area (TPSA) is 78.2 Å². The molecule has 0 bridgehead atoms. The van der Waals surface area contributed by atoms with E-state index in [0.29, 0.717) is 18.0 Å². The fourth-order valence-electron chi connectivity index (χ4n) is 4.10. The van der Waals surface area contributed by atoms with Crippen molar-refractivity contribution in [2.45, 2.75) is 6.92 Å². The van der Waals surface area contributed by atoms with Crippen molar-refractivity contribution in [2.24, 2.45) is 7.05 Å². The molecule has 0 aliphatic heterocycles. The maximum atomic E-state index is 5.54. The molecule has 5 rings (SSSR count). The van der Waals surface area contributed by atoms with Crippen molar-refractivity contribution in [1.29, 1.82) is 0 Å². The van der Waals surface area contributed by atoms with Gasteiger partial charge in [-0.1, -0.05) is 6.08 Å². The Bertz CT molecular complexity index is 1550. The van der Waals surface area contributed by atoms with Crippen LogP contribution in [0.25, 0.3) is 28.4 Å². The first-order chi connectivity index (χ1) is 18.0. The Hall–Kier alpha value is -4.72. The Morgan fingerprint density at radius 1 is 0.892 bits per heavy atom. The number of ether oxygens (including phenoxy) is 2. The molecular weight excluding hydrogens is 464 g/mol. The fraction of sp³-hybridized carbons (Fsp3) is 0.172. The van der Waals surface area contributed by atoms with Crippen LogP contribution in [0, 0.1) is 6.92 Å². The van der Waals surface area contributed by atoms with Crippen LogP contribution in [-0.2, 0) is 7.05 Å². The summed E-state index contributed by atoms with van der Waals surface area (Å²) in [6, 6.07) is 16.0. The Balaban J connectivity index is 1.56. The normalized spacial score (nSPS) is 11.2. The van der Waals surface area contributed by atoms with Gasteiger partial charge in [0, 0.05) is 61.1 Å². The first-order valence-electron chi connectivity index (χ1n) is 11.9. The third-order valence-corrected chi connectivity index (χ3v) is 6.00. The van der Waals surface area contributed by atoms with Gasteiger partial charge in [-0.2, -0.15) is 5.10 Å². The Morgan fingerprint density at radius 2 is 1.70 bits per heavy atom. The average Bonchev–Trinajstić information content (AvgIpc) is 3.36. The smallest absolute Gasteiger partial charge is 0.124 e. The van der Waals surface area contributed by atoms with Gasteiger partial charge in [0.05, 0.1) is 49.0 Å². The lowest BCUT2D eigenvalue weighted by molar-refractivity contribution is 0.394. The van der Waals surface area contributed by atoms with Crippen molar-refractivity contribution in [3.63, 3.8) is 0 Å². The van der Waals surface area contributed by atoms with Crippen molar-refractivity contribution in [1.82, 2.24) is 24.7 Å². The maximum absolute atomic E-state index is 5.54. The van der Waals surface area contributed by atoms with Crippen molar-refractivity contribution in [3.05, 3.63) is 90.7 Å². The molecule has 0 aliphatic rings. The lowest BCUT2D eigenvalue weighted by atomic mass is 10.2. The van der Waals surface area contributed by atoms with Gasteiger partial charge < -0.3 is 14.4 Å². The molecule has 0 radical (unpaired) electrons. The van der Waals surface area contributed by atoms with Gasteiger partial charge in [0.25, 0.3) is 0 Å². The molecule has 186 valence electrons. The number of aryl methyl sites for hydroxylation is 2. The molecule has 8 heteroatoms. The zero-order valence-corrected chi connectivity index (χ0v) is 21.3. The average molecular weight is 493 g/mol. The lowest BCUT2D eigenvalue weighted by Gasteiger charge is -2.25. The summed E-state index contributed by atoms with van der Waals surface area (Å²) in [5.74, 6) is 1.42. The summed E-state index contributed by atoms with van der Waals surface area (Å²) in [6.45, 7) is 2.65. The number of rotatable bonds is 8.